The summed E-state index contributed by atoms with van der Waals surface area (Å²) in [6.45, 7) is 0. The molecule has 0 spiro atoms. The summed E-state index contributed by atoms with van der Waals surface area (Å²) in [5.41, 5.74) is 0.925. The van der Waals surface area contributed by atoms with E-state index >= 15 is 0 Å². The fraction of sp³-hybridized carbons (Fsp3) is 0.368. The van der Waals surface area contributed by atoms with Gasteiger partial charge in [-0.2, -0.15) is 0 Å². The maximum atomic E-state index is 2.35. The third-order valence-corrected chi connectivity index (χ3v) is 8.11. The van der Waals surface area contributed by atoms with Crippen LogP contribution in [-0.2, 0) is 0 Å². The Hall–Kier alpha value is -1.13. The van der Waals surface area contributed by atoms with E-state index in [2.05, 4.69) is 60.7 Å². The van der Waals surface area contributed by atoms with Gasteiger partial charge in [-0.05, 0) is 55.3 Å². The van der Waals surface area contributed by atoms with Gasteiger partial charge in [0.2, 0.25) is 0 Å². The molecule has 1 heteroatoms. The largest absolute Gasteiger partial charge is 0.0622 e. The molecular formula is C19H21P. The van der Waals surface area contributed by atoms with Gasteiger partial charge in [0.15, 0.2) is 0 Å². The molecule has 0 heterocycles. The van der Waals surface area contributed by atoms with E-state index < -0.39 is 0 Å². The third-order valence-electron chi connectivity index (χ3n) is 5.10. The van der Waals surface area contributed by atoms with Gasteiger partial charge < -0.3 is 0 Å². The number of hydrogen-bond acceptors (Lipinski definition) is 0. The van der Waals surface area contributed by atoms with E-state index in [9.17, 15) is 0 Å². The molecule has 0 aliphatic heterocycles. The Bertz CT molecular complexity index is 523. The van der Waals surface area contributed by atoms with Crippen molar-refractivity contribution < 1.29 is 0 Å². The Morgan fingerprint density at radius 2 is 1.30 bits per heavy atom. The lowest BCUT2D eigenvalue weighted by molar-refractivity contribution is 0.489. The van der Waals surface area contributed by atoms with Crippen molar-refractivity contribution in [3.63, 3.8) is 0 Å². The first kappa shape index (κ1) is 12.6. The summed E-state index contributed by atoms with van der Waals surface area (Å²) in [6.07, 6.45) is 5.95. The average Bonchev–Trinajstić information content (AvgIpc) is 3.13. The summed E-state index contributed by atoms with van der Waals surface area (Å²) in [6, 6.07) is 22.5. The first-order chi connectivity index (χ1) is 9.92. The molecule has 3 atom stereocenters. The lowest BCUT2D eigenvalue weighted by Gasteiger charge is -2.31. The van der Waals surface area contributed by atoms with Gasteiger partial charge in [0, 0.05) is 0 Å². The monoisotopic (exact) mass is 280 g/mol. The van der Waals surface area contributed by atoms with Gasteiger partial charge in [-0.25, -0.2) is 0 Å². The van der Waals surface area contributed by atoms with E-state index in [1.807, 2.05) is 0 Å². The second-order valence-corrected chi connectivity index (χ2v) is 8.72. The van der Waals surface area contributed by atoms with Crippen LogP contribution in [0.5, 0.6) is 0 Å². The minimum absolute atomic E-state index is 0.167. The second kappa shape index (κ2) is 5.34. The zero-order valence-corrected chi connectivity index (χ0v) is 12.7. The van der Waals surface area contributed by atoms with E-state index in [1.165, 1.54) is 25.7 Å². The summed E-state index contributed by atoms with van der Waals surface area (Å²) >= 11 is 0. The maximum Gasteiger partial charge on any atom is -0.00977 e. The molecule has 20 heavy (non-hydrogen) atoms. The molecule has 0 radical (unpaired) electrons. The Morgan fingerprint density at radius 1 is 0.700 bits per heavy atom. The van der Waals surface area contributed by atoms with E-state index in [-0.39, 0.29) is 7.92 Å². The van der Waals surface area contributed by atoms with Gasteiger partial charge >= 0.3 is 0 Å². The van der Waals surface area contributed by atoms with Gasteiger partial charge in [0.25, 0.3) is 0 Å². The number of hydrogen-bond donors (Lipinski definition) is 0. The molecule has 2 aromatic rings. The Balaban J connectivity index is 1.74. The van der Waals surface area contributed by atoms with Crippen molar-refractivity contribution in [2.75, 3.05) is 0 Å². The van der Waals surface area contributed by atoms with Crippen LogP contribution >= 0.6 is 7.92 Å². The third kappa shape index (κ3) is 2.21. The van der Waals surface area contributed by atoms with Crippen LogP contribution in [-0.4, -0.2) is 5.66 Å². The first-order valence-corrected chi connectivity index (χ1v) is 9.22. The highest BCUT2D eigenvalue weighted by Crippen LogP contribution is 2.57. The molecule has 0 amide bonds. The molecule has 102 valence electrons. The zero-order valence-electron chi connectivity index (χ0n) is 11.8. The van der Waals surface area contributed by atoms with E-state index in [4.69, 9.17) is 0 Å². The summed E-state index contributed by atoms with van der Waals surface area (Å²) in [7, 11) is -0.167. The molecule has 2 fully saturated rings. The first-order valence-electron chi connectivity index (χ1n) is 7.81. The molecule has 4 rings (SSSR count). The van der Waals surface area contributed by atoms with Crippen LogP contribution in [0.2, 0.25) is 0 Å². The second-order valence-electron chi connectivity index (χ2n) is 6.28. The van der Waals surface area contributed by atoms with Crippen molar-refractivity contribution in [1.82, 2.24) is 0 Å². The van der Waals surface area contributed by atoms with Gasteiger partial charge in [0.1, 0.15) is 0 Å². The van der Waals surface area contributed by atoms with Crippen LogP contribution in [0.1, 0.15) is 25.7 Å². The van der Waals surface area contributed by atoms with Crippen molar-refractivity contribution >= 4 is 18.5 Å². The molecule has 2 aromatic carbocycles. The van der Waals surface area contributed by atoms with Crippen molar-refractivity contribution in [3.8, 4) is 0 Å². The highest BCUT2D eigenvalue weighted by molar-refractivity contribution is 7.73. The Morgan fingerprint density at radius 3 is 1.75 bits per heavy atom. The van der Waals surface area contributed by atoms with Crippen LogP contribution in [0.3, 0.4) is 0 Å². The maximum absolute atomic E-state index is 2.35. The van der Waals surface area contributed by atoms with E-state index in [1.54, 1.807) is 10.6 Å². The average molecular weight is 280 g/mol. The molecule has 0 nitrogen and oxygen atoms in total. The molecule has 0 N–H and O–H groups in total. The number of fused-ring (bicyclic) bond motifs is 2. The van der Waals surface area contributed by atoms with Gasteiger partial charge in [-0.15, -0.1) is 0 Å². The topological polar surface area (TPSA) is 0 Å². The quantitative estimate of drug-likeness (QED) is 0.735. The summed E-state index contributed by atoms with van der Waals surface area (Å²) < 4.78 is 0. The number of benzene rings is 2. The van der Waals surface area contributed by atoms with Crippen LogP contribution in [0, 0.1) is 11.8 Å². The summed E-state index contributed by atoms with van der Waals surface area (Å²) in [5.74, 6) is 2.02. The highest BCUT2D eigenvalue weighted by Gasteiger charge is 2.43. The lowest BCUT2D eigenvalue weighted by atomic mass is 10.0. The van der Waals surface area contributed by atoms with Gasteiger partial charge in [0.05, 0.1) is 0 Å². The van der Waals surface area contributed by atoms with Gasteiger partial charge in [-0.3, -0.25) is 0 Å². The van der Waals surface area contributed by atoms with Crippen molar-refractivity contribution in [2.45, 2.75) is 31.3 Å². The minimum atomic E-state index is -0.167. The predicted molar refractivity (Wildman–Crippen MR) is 88.3 cm³/mol. The van der Waals surface area contributed by atoms with E-state index in [0.29, 0.717) is 0 Å². The molecule has 0 saturated heterocycles. The molecule has 2 aliphatic carbocycles. The van der Waals surface area contributed by atoms with Crippen molar-refractivity contribution in [3.05, 3.63) is 60.7 Å². The molecule has 2 aliphatic rings. The van der Waals surface area contributed by atoms with E-state index in [0.717, 1.165) is 17.5 Å². The molecule has 0 unspecified atom stereocenters. The molecule has 2 bridgehead atoms. The Kier molecular flexibility index (Phi) is 3.36. The molecular weight excluding hydrogens is 259 g/mol. The summed E-state index contributed by atoms with van der Waals surface area (Å²) in [4.78, 5) is 0. The van der Waals surface area contributed by atoms with Crippen LogP contribution in [0.25, 0.3) is 0 Å². The van der Waals surface area contributed by atoms with Crippen LogP contribution < -0.4 is 10.6 Å². The van der Waals surface area contributed by atoms with Crippen LogP contribution in [0.15, 0.2) is 60.7 Å². The van der Waals surface area contributed by atoms with Gasteiger partial charge in [-0.1, -0.05) is 67.1 Å². The normalized spacial score (nSPS) is 28.1. The van der Waals surface area contributed by atoms with Crippen LogP contribution in [0.4, 0.5) is 0 Å². The summed E-state index contributed by atoms with van der Waals surface area (Å²) in [5, 5.41) is 3.15. The smallest absolute Gasteiger partial charge is 0.00977 e. The minimum Gasteiger partial charge on any atom is -0.0622 e. The molecule has 2 saturated carbocycles. The zero-order chi connectivity index (χ0) is 13.4. The number of rotatable bonds is 3. The Labute approximate surface area is 123 Å². The predicted octanol–water partition coefficient (Wildman–Crippen LogP) is 4.31. The standard InChI is InChI=1S/C19H21P/c1-3-7-17(8-4-1)20(18-9-5-2-6-10-18)19-14-15-11-12-16(19)13-15/h1-10,15-16,19H,11-14H2/t15-,16-,19+/m1/s1. The van der Waals surface area contributed by atoms with Crippen molar-refractivity contribution in [2.24, 2.45) is 11.8 Å². The fourth-order valence-electron chi connectivity index (χ4n) is 4.24. The lowest BCUT2D eigenvalue weighted by Crippen LogP contribution is -2.25. The van der Waals surface area contributed by atoms with Crippen molar-refractivity contribution in [1.29, 1.82) is 0 Å². The highest BCUT2D eigenvalue weighted by atomic mass is 31.1. The fourth-order valence-corrected chi connectivity index (χ4v) is 7.49. The SMILES string of the molecule is c1ccc(P(c2ccccc2)[C@H]2C[C@@H]3CC[C@@H]2C3)cc1. The molecule has 0 aromatic heterocycles.